The topological polar surface area (TPSA) is 82.1 Å². The number of esters is 1. The molecule has 0 aromatic rings. The van der Waals surface area contributed by atoms with E-state index in [1.165, 1.54) is 19.3 Å². The maximum absolute atomic E-state index is 11.4. The quantitative estimate of drug-likeness (QED) is 0.207. The monoisotopic (exact) mass is 318 g/mol. The highest BCUT2D eigenvalue weighted by Gasteiger charge is 2.27. The van der Waals surface area contributed by atoms with Gasteiger partial charge in [-0.05, 0) is 27.2 Å². The van der Waals surface area contributed by atoms with Gasteiger partial charge in [-0.25, -0.2) is 9.59 Å². The standard InChI is InChI=1S/C16H30O6/c1-5-6-7-8-9-10-11-20-14(18)15(19)21-22-16(3,4)12-13(2)17/h13,17H,5-12H2,1-4H3. The summed E-state index contributed by atoms with van der Waals surface area (Å²) in [5, 5.41) is 9.27. The van der Waals surface area contributed by atoms with Crippen molar-refractivity contribution in [3.8, 4) is 0 Å². The Kier molecular flexibility index (Phi) is 10.8. The van der Waals surface area contributed by atoms with Crippen LogP contribution < -0.4 is 0 Å². The maximum Gasteiger partial charge on any atom is 0.449 e. The zero-order valence-electron chi connectivity index (χ0n) is 14.2. The minimum absolute atomic E-state index is 0.205. The van der Waals surface area contributed by atoms with Crippen molar-refractivity contribution in [3.63, 3.8) is 0 Å². The fourth-order valence-corrected chi connectivity index (χ4v) is 2.04. The van der Waals surface area contributed by atoms with E-state index in [0.29, 0.717) is 0 Å². The number of carbonyl (C=O) groups is 2. The van der Waals surface area contributed by atoms with Crippen LogP contribution in [0.5, 0.6) is 0 Å². The first-order chi connectivity index (χ1) is 10.3. The summed E-state index contributed by atoms with van der Waals surface area (Å²) in [6.07, 6.45) is 6.06. The first kappa shape index (κ1) is 20.9. The summed E-state index contributed by atoms with van der Waals surface area (Å²) in [4.78, 5) is 32.1. The summed E-state index contributed by atoms with van der Waals surface area (Å²) in [5.74, 6) is -2.23. The Balaban J connectivity index is 3.77. The van der Waals surface area contributed by atoms with E-state index in [-0.39, 0.29) is 13.0 Å². The van der Waals surface area contributed by atoms with Crippen molar-refractivity contribution < 1.29 is 29.2 Å². The molecule has 6 nitrogen and oxygen atoms in total. The Morgan fingerprint density at radius 2 is 1.64 bits per heavy atom. The molecule has 6 heteroatoms. The second-order valence-electron chi connectivity index (χ2n) is 6.17. The lowest BCUT2D eigenvalue weighted by atomic mass is 10.0. The van der Waals surface area contributed by atoms with E-state index < -0.39 is 23.6 Å². The van der Waals surface area contributed by atoms with E-state index in [2.05, 4.69) is 11.8 Å². The number of carbonyl (C=O) groups excluding carboxylic acids is 2. The first-order valence-electron chi connectivity index (χ1n) is 8.03. The molecule has 0 amide bonds. The molecule has 1 N–H and O–H groups in total. The van der Waals surface area contributed by atoms with Crippen LogP contribution in [0.2, 0.25) is 0 Å². The van der Waals surface area contributed by atoms with E-state index in [0.717, 1.165) is 19.3 Å². The number of hydrogen-bond acceptors (Lipinski definition) is 6. The average molecular weight is 318 g/mol. The predicted octanol–water partition coefficient (Wildman–Crippen LogP) is 2.91. The van der Waals surface area contributed by atoms with Gasteiger partial charge in [0.05, 0.1) is 12.7 Å². The van der Waals surface area contributed by atoms with Gasteiger partial charge >= 0.3 is 11.9 Å². The number of aliphatic hydroxyl groups excluding tert-OH is 1. The minimum Gasteiger partial charge on any atom is -0.457 e. The normalized spacial score (nSPS) is 12.8. The van der Waals surface area contributed by atoms with Gasteiger partial charge in [0.1, 0.15) is 5.60 Å². The molecule has 22 heavy (non-hydrogen) atoms. The smallest absolute Gasteiger partial charge is 0.449 e. The van der Waals surface area contributed by atoms with Crippen LogP contribution in [-0.2, 0) is 24.1 Å². The molecule has 0 aliphatic heterocycles. The zero-order chi connectivity index (χ0) is 17.0. The molecule has 1 unspecified atom stereocenters. The molecule has 0 radical (unpaired) electrons. The third-order valence-electron chi connectivity index (χ3n) is 3.03. The Hall–Kier alpha value is -1.14. The molecular weight excluding hydrogens is 288 g/mol. The number of rotatable bonds is 11. The van der Waals surface area contributed by atoms with Crippen LogP contribution in [0.1, 0.15) is 72.6 Å². The zero-order valence-corrected chi connectivity index (χ0v) is 14.2. The average Bonchev–Trinajstić information content (AvgIpc) is 2.42. The van der Waals surface area contributed by atoms with Crippen LogP contribution in [0, 0.1) is 0 Å². The molecule has 0 spiro atoms. The lowest BCUT2D eigenvalue weighted by Gasteiger charge is -2.23. The highest BCUT2D eigenvalue weighted by molar-refractivity contribution is 6.29. The molecule has 0 heterocycles. The summed E-state index contributed by atoms with van der Waals surface area (Å²) in [5.41, 5.74) is -0.872. The molecule has 0 bridgehead atoms. The van der Waals surface area contributed by atoms with Crippen LogP contribution in [0.25, 0.3) is 0 Å². The Morgan fingerprint density at radius 3 is 2.23 bits per heavy atom. The van der Waals surface area contributed by atoms with Gasteiger partial charge in [0.15, 0.2) is 0 Å². The van der Waals surface area contributed by atoms with Gasteiger partial charge in [0, 0.05) is 6.42 Å². The molecule has 0 rings (SSSR count). The number of aliphatic hydroxyl groups is 1. The van der Waals surface area contributed by atoms with Crippen molar-refractivity contribution >= 4 is 11.9 Å². The fourth-order valence-electron chi connectivity index (χ4n) is 2.04. The molecule has 0 saturated heterocycles. The first-order valence-corrected chi connectivity index (χ1v) is 8.03. The maximum atomic E-state index is 11.4. The largest absolute Gasteiger partial charge is 0.457 e. The van der Waals surface area contributed by atoms with Gasteiger partial charge in [-0.15, -0.1) is 0 Å². The van der Waals surface area contributed by atoms with Crippen LogP contribution in [0.4, 0.5) is 0 Å². The van der Waals surface area contributed by atoms with Crippen molar-refractivity contribution in [2.45, 2.75) is 84.3 Å². The molecule has 0 fully saturated rings. The van der Waals surface area contributed by atoms with Crippen molar-refractivity contribution in [2.24, 2.45) is 0 Å². The highest BCUT2D eigenvalue weighted by Crippen LogP contribution is 2.17. The van der Waals surface area contributed by atoms with Gasteiger partial charge in [-0.2, -0.15) is 4.89 Å². The molecule has 0 aliphatic carbocycles. The van der Waals surface area contributed by atoms with Gasteiger partial charge in [-0.1, -0.05) is 39.0 Å². The number of unbranched alkanes of at least 4 members (excludes halogenated alkanes) is 5. The van der Waals surface area contributed by atoms with Crippen LogP contribution in [0.3, 0.4) is 0 Å². The van der Waals surface area contributed by atoms with E-state index in [4.69, 9.17) is 9.62 Å². The summed E-state index contributed by atoms with van der Waals surface area (Å²) >= 11 is 0. The van der Waals surface area contributed by atoms with E-state index in [1.54, 1.807) is 20.8 Å². The molecule has 0 aromatic carbocycles. The number of ether oxygens (including phenoxy) is 1. The SMILES string of the molecule is CCCCCCCCOC(=O)C(=O)OOC(C)(C)CC(C)O. The van der Waals surface area contributed by atoms with Gasteiger partial charge in [-0.3, -0.25) is 4.89 Å². The predicted molar refractivity (Wildman–Crippen MR) is 81.9 cm³/mol. The van der Waals surface area contributed by atoms with E-state index in [9.17, 15) is 14.7 Å². The number of hydrogen-bond donors (Lipinski definition) is 1. The second-order valence-corrected chi connectivity index (χ2v) is 6.17. The van der Waals surface area contributed by atoms with Crippen LogP contribution in [0.15, 0.2) is 0 Å². The minimum atomic E-state index is -1.18. The van der Waals surface area contributed by atoms with Gasteiger partial charge in [0.2, 0.25) is 0 Å². The molecule has 0 aliphatic rings. The molecule has 0 aromatic heterocycles. The van der Waals surface area contributed by atoms with Gasteiger partial charge in [0.25, 0.3) is 0 Å². The highest BCUT2D eigenvalue weighted by atomic mass is 17.2. The van der Waals surface area contributed by atoms with Gasteiger partial charge < -0.3 is 9.84 Å². The summed E-state index contributed by atoms with van der Waals surface area (Å²) in [6, 6.07) is 0. The van der Waals surface area contributed by atoms with Crippen molar-refractivity contribution in [3.05, 3.63) is 0 Å². The summed E-state index contributed by atoms with van der Waals surface area (Å²) in [6.45, 7) is 7.25. The Labute approximate surface area is 133 Å². The summed E-state index contributed by atoms with van der Waals surface area (Å²) in [7, 11) is 0. The van der Waals surface area contributed by atoms with E-state index in [1.807, 2.05) is 0 Å². The fraction of sp³-hybridized carbons (Fsp3) is 0.875. The van der Waals surface area contributed by atoms with Crippen molar-refractivity contribution in [2.75, 3.05) is 6.61 Å². The van der Waals surface area contributed by atoms with Crippen molar-refractivity contribution in [1.29, 1.82) is 0 Å². The lowest BCUT2D eigenvalue weighted by Crippen LogP contribution is -2.32. The third kappa shape index (κ3) is 11.5. The van der Waals surface area contributed by atoms with Crippen LogP contribution in [-0.4, -0.2) is 35.4 Å². The molecule has 130 valence electrons. The second kappa shape index (κ2) is 11.4. The third-order valence-corrected chi connectivity index (χ3v) is 3.03. The van der Waals surface area contributed by atoms with E-state index >= 15 is 0 Å². The van der Waals surface area contributed by atoms with Crippen molar-refractivity contribution in [1.82, 2.24) is 0 Å². The van der Waals surface area contributed by atoms with Crippen LogP contribution >= 0.6 is 0 Å². The molecule has 0 saturated carbocycles. The lowest BCUT2D eigenvalue weighted by molar-refractivity contribution is -0.327. The summed E-state index contributed by atoms with van der Waals surface area (Å²) < 4.78 is 4.81. The molecule has 1 atom stereocenters. The Bertz CT molecular complexity index is 325. The molecular formula is C16H30O6. The Morgan fingerprint density at radius 1 is 1.05 bits per heavy atom.